The number of aryl methyl sites for hydroxylation is 1. The number of pyridine rings is 2. The van der Waals surface area contributed by atoms with Crippen LogP contribution in [0.1, 0.15) is 51.1 Å². The number of fused-ring (bicyclic) bond motifs is 2. The van der Waals surface area contributed by atoms with Crippen molar-refractivity contribution < 1.29 is 23.7 Å². The number of carbonyl (C=O) groups is 1. The molecule has 3 aromatic heterocycles. The average molecular weight is 546 g/mol. The Morgan fingerprint density at radius 1 is 1.02 bits per heavy atom. The van der Waals surface area contributed by atoms with Crippen LogP contribution in [0.4, 0.5) is 5.82 Å². The fourth-order valence-corrected chi connectivity index (χ4v) is 4.93. The highest BCUT2D eigenvalue weighted by molar-refractivity contribution is 5.92. The van der Waals surface area contributed by atoms with Crippen molar-refractivity contribution >= 4 is 22.6 Å². The van der Waals surface area contributed by atoms with E-state index in [1.807, 2.05) is 23.7 Å². The van der Waals surface area contributed by atoms with Crippen molar-refractivity contribution in [2.45, 2.75) is 58.9 Å². The molecule has 1 aromatic carbocycles. The second kappa shape index (κ2) is 11.0. The van der Waals surface area contributed by atoms with Crippen LogP contribution in [-0.2, 0) is 29.6 Å². The highest BCUT2D eigenvalue weighted by Gasteiger charge is 2.28. The van der Waals surface area contributed by atoms with Gasteiger partial charge in [-0.25, -0.2) is 4.68 Å². The zero-order chi connectivity index (χ0) is 28.4. The van der Waals surface area contributed by atoms with Gasteiger partial charge in [-0.15, -0.1) is 0 Å². The largest absolute Gasteiger partial charge is 0.495 e. The zero-order valence-electron chi connectivity index (χ0n) is 23.8. The summed E-state index contributed by atoms with van der Waals surface area (Å²) < 4.78 is 24.9. The molecule has 0 atom stereocenters. The van der Waals surface area contributed by atoms with Crippen LogP contribution in [0.2, 0.25) is 0 Å². The summed E-state index contributed by atoms with van der Waals surface area (Å²) in [4.78, 5) is 22.1. The molecule has 0 unspecified atom stereocenters. The van der Waals surface area contributed by atoms with E-state index in [0.717, 1.165) is 41.7 Å². The number of methoxy groups -OCH3 is 2. The Morgan fingerprint density at radius 3 is 2.55 bits per heavy atom. The molecule has 1 amide bonds. The first-order valence-corrected chi connectivity index (χ1v) is 13.4. The predicted octanol–water partition coefficient (Wildman–Crippen LogP) is 5.46. The number of amides is 1. The molecular weight excluding hydrogens is 510 g/mol. The molecule has 0 saturated heterocycles. The van der Waals surface area contributed by atoms with Crippen molar-refractivity contribution in [1.82, 2.24) is 19.7 Å². The maximum Gasteiger partial charge on any atom is 0.231 e. The van der Waals surface area contributed by atoms with E-state index in [-0.39, 0.29) is 17.9 Å². The molecule has 10 heteroatoms. The average Bonchev–Trinajstić information content (AvgIpc) is 3.52. The van der Waals surface area contributed by atoms with Gasteiger partial charge in [0, 0.05) is 29.3 Å². The first-order chi connectivity index (χ1) is 19.2. The lowest BCUT2D eigenvalue weighted by Crippen LogP contribution is -2.28. The summed E-state index contributed by atoms with van der Waals surface area (Å²) in [7, 11) is 3.14. The first kappa shape index (κ1) is 27.2. The second-order valence-electron chi connectivity index (χ2n) is 10.6. The number of hydrogen-bond acceptors (Lipinski definition) is 8. The first-order valence-electron chi connectivity index (χ1n) is 13.4. The Kier molecular flexibility index (Phi) is 7.51. The number of nitrogens with zero attached hydrogens (tertiary/aromatic N) is 4. The van der Waals surface area contributed by atoms with E-state index in [1.54, 1.807) is 38.7 Å². The van der Waals surface area contributed by atoms with Gasteiger partial charge < -0.3 is 24.3 Å². The molecule has 0 aliphatic heterocycles. The van der Waals surface area contributed by atoms with Gasteiger partial charge in [0.05, 0.1) is 55.9 Å². The monoisotopic (exact) mass is 545 g/mol. The second-order valence-corrected chi connectivity index (χ2v) is 10.6. The van der Waals surface area contributed by atoms with Gasteiger partial charge in [0.25, 0.3) is 0 Å². The molecule has 1 aliphatic carbocycles. The van der Waals surface area contributed by atoms with E-state index in [4.69, 9.17) is 24.0 Å². The summed E-state index contributed by atoms with van der Waals surface area (Å²) in [5.41, 5.74) is 3.15. The number of aromatic nitrogens is 4. The van der Waals surface area contributed by atoms with Gasteiger partial charge in [0.1, 0.15) is 23.1 Å². The fraction of sp³-hybridized carbons (Fsp3) is 0.400. The fourth-order valence-electron chi connectivity index (χ4n) is 4.93. The Bertz CT molecular complexity index is 1560. The van der Waals surface area contributed by atoms with Crippen LogP contribution in [0.25, 0.3) is 10.9 Å². The topological polar surface area (TPSA) is 110 Å². The van der Waals surface area contributed by atoms with E-state index in [2.05, 4.69) is 36.1 Å². The van der Waals surface area contributed by atoms with Gasteiger partial charge in [0.2, 0.25) is 5.91 Å². The molecule has 0 radical (unpaired) electrons. The Hall–Kier alpha value is -4.34. The van der Waals surface area contributed by atoms with Crippen LogP contribution in [0.3, 0.4) is 0 Å². The molecule has 5 rings (SSSR count). The molecule has 3 heterocycles. The van der Waals surface area contributed by atoms with Gasteiger partial charge in [-0.05, 0) is 59.1 Å². The Labute approximate surface area is 233 Å². The molecule has 1 N–H and O–H groups in total. The summed E-state index contributed by atoms with van der Waals surface area (Å²) >= 11 is 0. The third-order valence-electron chi connectivity index (χ3n) is 6.77. The van der Waals surface area contributed by atoms with Crippen molar-refractivity contribution in [2.24, 2.45) is 0 Å². The molecule has 0 bridgehead atoms. The minimum absolute atomic E-state index is 0.0448. The molecule has 0 spiro atoms. The van der Waals surface area contributed by atoms with E-state index >= 15 is 0 Å². The minimum atomic E-state index is -0.256. The lowest BCUT2D eigenvalue weighted by molar-refractivity contribution is -0.115. The van der Waals surface area contributed by atoms with E-state index in [0.29, 0.717) is 46.6 Å². The predicted molar refractivity (Wildman–Crippen MR) is 152 cm³/mol. The van der Waals surface area contributed by atoms with E-state index in [9.17, 15) is 4.79 Å². The lowest BCUT2D eigenvalue weighted by Gasteiger charge is -2.23. The highest BCUT2D eigenvalue weighted by atomic mass is 16.5. The minimum Gasteiger partial charge on any atom is -0.495 e. The van der Waals surface area contributed by atoms with Crippen LogP contribution in [0.15, 0.2) is 36.7 Å². The molecule has 0 fully saturated rings. The molecule has 40 heavy (non-hydrogen) atoms. The van der Waals surface area contributed by atoms with Crippen molar-refractivity contribution in [3.63, 3.8) is 0 Å². The van der Waals surface area contributed by atoms with Crippen molar-refractivity contribution in [3.05, 3.63) is 53.6 Å². The number of nitrogens with one attached hydrogen (secondary N) is 1. The van der Waals surface area contributed by atoms with Crippen LogP contribution < -0.4 is 24.3 Å². The number of carbonyl (C=O) groups excluding carboxylic acids is 1. The maximum atomic E-state index is 13.2. The van der Waals surface area contributed by atoms with E-state index in [1.165, 1.54) is 0 Å². The van der Waals surface area contributed by atoms with Crippen molar-refractivity contribution in [3.8, 4) is 28.7 Å². The summed E-state index contributed by atoms with van der Waals surface area (Å²) in [5, 5.41) is 8.64. The number of benzene rings is 1. The summed E-state index contributed by atoms with van der Waals surface area (Å²) in [6.07, 6.45) is 6.20. The Morgan fingerprint density at radius 2 is 1.82 bits per heavy atom. The summed E-state index contributed by atoms with van der Waals surface area (Å²) in [5.74, 6) is 3.28. The SMILES string of the molecule is CCOc1cc2nccc(Oc3cnc(CC(=O)Nc4c5c(nn4C(C)(C)C)CCC5)c(OC)c3)c2cc1OC. The van der Waals surface area contributed by atoms with Crippen LogP contribution >= 0.6 is 0 Å². The molecular formula is C30H35N5O5. The molecule has 4 aromatic rings. The van der Waals surface area contributed by atoms with Gasteiger partial charge in [-0.3, -0.25) is 14.8 Å². The maximum absolute atomic E-state index is 13.2. The zero-order valence-corrected chi connectivity index (χ0v) is 23.8. The Balaban J connectivity index is 1.37. The van der Waals surface area contributed by atoms with E-state index < -0.39 is 0 Å². The van der Waals surface area contributed by atoms with Crippen LogP contribution in [-0.4, -0.2) is 46.5 Å². The molecule has 0 saturated carbocycles. The van der Waals surface area contributed by atoms with Gasteiger partial charge >= 0.3 is 0 Å². The van der Waals surface area contributed by atoms with Crippen molar-refractivity contribution in [2.75, 3.05) is 26.1 Å². The van der Waals surface area contributed by atoms with Crippen LogP contribution in [0, 0.1) is 0 Å². The van der Waals surface area contributed by atoms with Gasteiger partial charge in [-0.1, -0.05) is 0 Å². The van der Waals surface area contributed by atoms with Crippen LogP contribution in [0.5, 0.6) is 28.7 Å². The highest BCUT2D eigenvalue weighted by Crippen LogP contribution is 2.38. The number of ether oxygens (including phenoxy) is 4. The smallest absolute Gasteiger partial charge is 0.231 e. The standard InChI is InChI=1S/C30H35N5O5/c1-7-39-27-15-22-20(14-26(27)38-6)24(11-12-31-22)40-18-13-25(37-5)23(32-17-18)16-28(36)33-29-19-9-8-10-21(19)34-35(29)30(2,3)4/h11-15,17H,7-10,16H2,1-6H3,(H,33,36). The summed E-state index contributed by atoms with van der Waals surface area (Å²) in [6.45, 7) is 8.66. The number of hydrogen-bond donors (Lipinski definition) is 1. The number of rotatable bonds is 9. The summed E-state index contributed by atoms with van der Waals surface area (Å²) in [6, 6.07) is 7.16. The quantitative estimate of drug-likeness (QED) is 0.295. The molecule has 10 nitrogen and oxygen atoms in total. The van der Waals surface area contributed by atoms with Gasteiger partial charge in [-0.2, -0.15) is 5.10 Å². The normalized spacial score (nSPS) is 12.8. The number of anilines is 1. The molecule has 1 aliphatic rings. The lowest BCUT2D eigenvalue weighted by atomic mass is 10.1. The van der Waals surface area contributed by atoms with Gasteiger partial charge in [0.15, 0.2) is 11.5 Å². The third kappa shape index (κ3) is 5.38. The molecule has 210 valence electrons. The van der Waals surface area contributed by atoms with Crippen molar-refractivity contribution in [1.29, 1.82) is 0 Å². The third-order valence-corrected chi connectivity index (χ3v) is 6.77.